The van der Waals surface area contributed by atoms with Gasteiger partial charge in [0.15, 0.2) is 5.82 Å². The van der Waals surface area contributed by atoms with E-state index in [0.29, 0.717) is 22.6 Å². The first-order chi connectivity index (χ1) is 14.8. The van der Waals surface area contributed by atoms with Crippen LogP contribution in [-0.4, -0.2) is 34.6 Å². The lowest BCUT2D eigenvalue weighted by Crippen LogP contribution is -2.26. The van der Waals surface area contributed by atoms with E-state index >= 15 is 0 Å². The second kappa shape index (κ2) is 9.29. The van der Waals surface area contributed by atoms with E-state index in [1.807, 2.05) is 0 Å². The third-order valence-electron chi connectivity index (χ3n) is 4.57. The number of rotatable bonds is 7. The van der Waals surface area contributed by atoms with Crippen LogP contribution in [0.3, 0.4) is 0 Å². The lowest BCUT2D eigenvalue weighted by atomic mass is 10.1. The maximum absolute atomic E-state index is 12.9. The Hall–Kier alpha value is -3.88. The maximum Gasteiger partial charge on any atom is 0.356 e. The molecule has 0 unspecified atom stereocenters. The Kier molecular flexibility index (Phi) is 6.54. The number of benzene rings is 1. The fraction of sp³-hybridized carbons (Fsp3) is 0.273. The van der Waals surface area contributed by atoms with Gasteiger partial charge in [0.25, 0.3) is 5.91 Å². The second-order valence-electron chi connectivity index (χ2n) is 6.85. The van der Waals surface area contributed by atoms with Crippen molar-refractivity contribution < 1.29 is 28.4 Å². The first kappa shape index (κ1) is 21.8. The van der Waals surface area contributed by atoms with Gasteiger partial charge in [-0.25, -0.2) is 9.59 Å². The van der Waals surface area contributed by atoms with Crippen LogP contribution in [0.1, 0.15) is 56.5 Å². The zero-order valence-electron chi connectivity index (χ0n) is 17.6. The number of esters is 2. The summed E-state index contributed by atoms with van der Waals surface area (Å²) in [5, 5.41) is 6.31. The summed E-state index contributed by atoms with van der Waals surface area (Å²) in [6.45, 7) is 6.87. The van der Waals surface area contributed by atoms with E-state index in [9.17, 15) is 14.4 Å². The minimum Gasteiger partial charge on any atom is -0.462 e. The fourth-order valence-electron chi connectivity index (χ4n) is 3.15. The van der Waals surface area contributed by atoms with Gasteiger partial charge < -0.3 is 24.3 Å². The van der Waals surface area contributed by atoms with Gasteiger partial charge in [0.05, 0.1) is 12.2 Å². The molecule has 0 aliphatic heterocycles. The molecule has 0 fully saturated rings. The number of amides is 1. The van der Waals surface area contributed by atoms with E-state index in [1.54, 1.807) is 64.1 Å². The Morgan fingerprint density at radius 3 is 2.45 bits per heavy atom. The molecule has 1 aromatic carbocycles. The van der Waals surface area contributed by atoms with E-state index < -0.39 is 23.9 Å². The molecular formula is C22H23N3O6. The number of ether oxygens (including phenoxy) is 2. The van der Waals surface area contributed by atoms with Crippen LogP contribution in [0.5, 0.6) is 0 Å². The van der Waals surface area contributed by atoms with Crippen LogP contribution in [-0.2, 0) is 14.3 Å². The zero-order valence-corrected chi connectivity index (χ0v) is 17.6. The van der Waals surface area contributed by atoms with E-state index in [-0.39, 0.29) is 23.7 Å². The summed E-state index contributed by atoms with van der Waals surface area (Å²) < 4.78 is 15.6. The van der Waals surface area contributed by atoms with Crippen LogP contribution in [0, 0.1) is 20.8 Å². The molecule has 0 saturated heterocycles. The molecule has 0 spiro atoms. The quantitative estimate of drug-likeness (QED) is 0.554. The number of aryl methyl sites for hydroxylation is 2. The molecule has 162 valence electrons. The van der Waals surface area contributed by atoms with Gasteiger partial charge in [-0.15, -0.1) is 0 Å². The van der Waals surface area contributed by atoms with Crippen LogP contribution in [0.25, 0.3) is 0 Å². The highest BCUT2D eigenvalue weighted by atomic mass is 16.5. The summed E-state index contributed by atoms with van der Waals surface area (Å²) >= 11 is 0. The zero-order chi connectivity index (χ0) is 22.5. The largest absolute Gasteiger partial charge is 0.462 e. The number of nitrogens with zero attached hydrogens (tertiary/aromatic N) is 1. The SMILES string of the molecule is CCOC(=O)c1c(C)[nH]c(C(=O)O[C@@H](C(=O)Nc2cc(C)on2)c2ccccc2)c1C. The molecule has 2 heterocycles. The number of carbonyl (C=O) groups is 3. The number of carbonyl (C=O) groups excluding carboxylic acids is 3. The second-order valence-corrected chi connectivity index (χ2v) is 6.85. The first-order valence-electron chi connectivity index (χ1n) is 9.68. The summed E-state index contributed by atoms with van der Waals surface area (Å²) in [6.07, 6.45) is -1.25. The van der Waals surface area contributed by atoms with Gasteiger partial charge in [-0.1, -0.05) is 35.5 Å². The molecule has 0 bridgehead atoms. The van der Waals surface area contributed by atoms with Crippen LogP contribution in [0.4, 0.5) is 5.82 Å². The summed E-state index contributed by atoms with van der Waals surface area (Å²) in [4.78, 5) is 40.9. The molecule has 0 saturated carbocycles. The highest BCUT2D eigenvalue weighted by molar-refractivity contribution is 6.00. The Bertz CT molecular complexity index is 1100. The van der Waals surface area contributed by atoms with Crippen molar-refractivity contribution in [2.45, 2.75) is 33.8 Å². The van der Waals surface area contributed by atoms with Crippen LogP contribution in [0.2, 0.25) is 0 Å². The fourth-order valence-corrected chi connectivity index (χ4v) is 3.15. The lowest BCUT2D eigenvalue weighted by Gasteiger charge is -2.17. The number of nitrogens with one attached hydrogen (secondary N) is 2. The smallest absolute Gasteiger partial charge is 0.356 e. The number of H-pyrrole nitrogens is 1. The van der Waals surface area contributed by atoms with Crippen molar-refractivity contribution in [3.8, 4) is 0 Å². The predicted molar refractivity (Wildman–Crippen MR) is 111 cm³/mol. The third kappa shape index (κ3) is 4.82. The Labute approximate surface area is 178 Å². The van der Waals surface area contributed by atoms with Gasteiger partial charge >= 0.3 is 11.9 Å². The van der Waals surface area contributed by atoms with E-state index in [2.05, 4.69) is 15.5 Å². The van der Waals surface area contributed by atoms with Crippen molar-refractivity contribution in [1.82, 2.24) is 10.1 Å². The molecular weight excluding hydrogens is 402 g/mol. The molecule has 3 aromatic rings. The molecule has 0 aliphatic carbocycles. The van der Waals surface area contributed by atoms with Gasteiger partial charge in [-0.3, -0.25) is 4.79 Å². The highest BCUT2D eigenvalue weighted by Crippen LogP contribution is 2.25. The monoisotopic (exact) mass is 425 g/mol. The number of aromatic amines is 1. The molecule has 1 atom stereocenters. The molecule has 1 amide bonds. The van der Waals surface area contributed by atoms with E-state index in [1.165, 1.54) is 0 Å². The summed E-state index contributed by atoms with van der Waals surface area (Å²) in [5.74, 6) is -1.19. The summed E-state index contributed by atoms with van der Waals surface area (Å²) in [6, 6.07) is 10.1. The normalized spacial score (nSPS) is 11.6. The molecule has 2 N–H and O–H groups in total. The minimum absolute atomic E-state index is 0.0755. The van der Waals surface area contributed by atoms with Gasteiger partial charge in [0, 0.05) is 17.3 Å². The molecule has 2 aromatic heterocycles. The van der Waals surface area contributed by atoms with Crippen molar-refractivity contribution in [1.29, 1.82) is 0 Å². The van der Waals surface area contributed by atoms with Gasteiger partial charge in [-0.2, -0.15) is 0 Å². The molecule has 3 rings (SSSR count). The summed E-state index contributed by atoms with van der Waals surface area (Å²) in [5.41, 5.74) is 1.68. The third-order valence-corrected chi connectivity index (χ3v) is 4.57. The van der Waals surface area contributed by atoms with Crippen LogP contribution in [0.15, 0.2) is 40.9 Å². The Morgan fingerprint density at radius 1 is 1.13 bits per heavy atom. The number of hydrogen-bond acceptors (Lipinski definition) is 7. The average molecular weight is 425 g/mol. The number of anilines is 1. The summed E-state index contributed by atoms with van der Waals surface area (Å²) in [7, 11) is 0. The van der Waals surface area contributed by atoms with E-state index in [4.69, 9.17) is 14.0 Å². The van der Waals surface area contributed by atoms with Crippen molar-refractivity contribution in [2.24, 2.45) is 0 Å². The highest BCUT2D eigenvalue weighted by Gasteiger charge is 2.30. The van der Waals surface area contributed by atoms with Gasteiger partial charge in [0.2, 0.25) is 6.10 Å². The molecule has 0 aliphatic rings. The lowest BCUT2D eigenvalue weighted by molar-refractivity contribution is -0.125. The molecule has 9 nitrogen and oxygen atoms in total. The van der Waals surface area contributed by atoms with Crippen molar-refractivity contribution in [3.63, 3.8) is 0 Å². The number of aromatic nitrogens is 2. The Morgan fingerprint density at radius 2 is 1.84 bits per heavy atom. The van der Waals surface area contributed by atoms with Gasteiger partial charge in [0.1, 0.15) is 11.5 Å². The van der Waals surface area contributed by atoms with Crippen LogP contribution >= 0.6 is 0 Å². The molecule has 0 radical (unpaired) electrons. The van der Waals surface area contributed by atoms with Crippen molar-refractivity contribution >= 4 is 23.7 Å². The maximum atomic E-state index is 12.9. The Balaban J connectivity index is 1.88. The van der Waals surface area contributed by atoms with Crippen molar-refractivity contribution in [3.05, 3.63) is 70.2 Å². The first-order valence-corrected chi connectivity index (χ1v) is 9.68. The predicted octanol–water partition coefficient (Wildman–Crippen LogP) is 3.64. The topological polar surface area (TPSA) is 124 Å². The van der Waals surface area contributed by atoms with Crippen molar-refractivity contribution in [2.75, 3.05) is 11.9 Å². The molecule has 31 heavy (non-hydrogen) atoms. The van der Waals surface area contributed by atoms with E-state index in [0.717, 1.165) is 0 Å². The average Bonchev–Trinajstić information content (AvgIpc) is 3.28. The number of hydrogen-bond donors (Lipinski definition) is 2. The minimum atomic E-state index is -1.25. The molecule has 9 heteroatoms. The standard InChI is InChI=1S/C22H23N3O6/c1-5-29-21(27)17-13(3)18(23-14(17)4)22(28)30-19(15-9-7-6-8-10-15)20(26)24-16-11-12(2)31-25-16/h6-11,19,23H,5H2,1-4H3,(H,24,25,26)/t19-/m1/s1. The van der Waals surface area contributed by atoms with Crippen LogP contribution < -0.4 is 5.32 Å². The van der Waals surface area contributed by atoms with Gasteiger partial charge in [-0.05, 0) is 33.3 Å².